The van der Waals surface area contributed by atoms with Crippen LogP contribution in [0.5, 0.6) is 17.4 Å². The summed E-state index contributed by atoms with van der Waals surface area (Å²) in [4.78, 5) is 10.9. The Bertz CT molecular complexity index is 665. The molecule has 1 fully saturated rings. The molecular formula is C18H23N3O3. The fourth-order valence-corrected chi connectivity index (χ4v) is 2.98. The van der Waals surface area contributed by atoms with Crippen LogP contribution in [0.25, 0.3) is 0 Å². The summed E-state index contributed by atoms with van der Waals surface area (Å²) in [6.07, 6.45) is 4.46. The van der Waals surface area contributed by atoms with E-state index in [-0.39, 0.29) is 0 Å². The normalized spacial score (nSPS) is 17.7. The third kappa shape index (κ3) is 3.94. The van der Waals surface area contributed by atoms with Crippen molar-refractivity contribution in [3.05, 3.63) is 42.4 Å². The number of aromatic nitrogens is 2. The van der Waals surface area contributed by atoms with E-state index in [1.54, 1.807) is 26.6 Å². The van der Waals surface area contributed by atoms with Crippen molar-refractivity contribution in [1.29, 1.82) is 0 Å². The van der Waals surface area contributed by atoms with Crippen LogP contribution in [0.3, 0.4) is 0 Å². The predicted molar refractivity (Wildman–Crippen MR) is 90.5 cm³/mol. The van der Waals surface area contributed by atoms with E-state index in [0.717, 1.165) is 43.2 Å². The van der Waals surface area contributed by atoms with Gasteiger partial charge in [-0.15, -0.1) is 0 Å². The first-order valence-electron chi connectivity index (χ1n) is 8.12. The highest BCUT2D eigenvalue weighted by Crippen LogP contribution is 2.28. The minimum absolute atomic E-state index is 0.498. The highest BCUT2D eigenvalue weighted by Gasteiger charge is 2.24. The third-order valence-corrected chi connectivity index (χ3v) is 4.22. The van der Waals surface area contributed by atoms with Crippen molar-refractivity contribution in [2.75, 3.05) is 33.9 Å². The van der Waals surface area contributed by atoms with Gasteiger partial charge in [-0.2, -0.15) is 0 Å². The number of likely N-dealkylation sites (tertiary alicyclic amines) is 1. The Balaban J connectivity index is 1.52. The molecule has 0 bridgehead atoms. The van der Waals surface area contributed by atoms with Crippen LogP contribution in [-0.2, 0) is 6.54 Å². The molecule has 1 aliphatic heterocycles. The molecule has 0 N–H and O–H groups in total. The summed E-state index contributed by atoms with van der Waals surface area (Å²) in [5.41, 5.74) is 0.881. The Morgan fingerprint density at radius 1 is 1.08 bits per heavy atom. The number of para-hydroxylation sites is 2. The van der Waals surface area contributed by atoms with E-state index in [9.17, 15) is 0 Å². The first-order chi connectivity index (χ1) is 11.8. The lowest BCUT2D eigenvalue weighted by Gasteiger charge is -2.17. The molecule has 6 heteroatoms. The molecule has 0 radical (unpaired) electrons. The number of nitrogens with zero attached hydrogens (tertiary/aromatic N) is 3. The zero-order valence-corrected chi connectivity index (χ0v) is 14.1. The molecule has 3 rings (SSSR count). The summed E-state index contributed by atoms with van der Waals surface area (Å²) in [6, 6.07) is 7.75. The number of benzene rings is 1. The van der Waals surface area contributed by atoms with Crippen molar-refractivity contribution in [2.24, 2.45) is 5.92 Å². The monoisotopic (exact) mass is 329 g/mol. The second-order valence-corrected chi connectivity index (χ2v) is 5.86. The molecule has 1 atom stereocenters. The molecule has 1 unspecified atom stereocenters. The SMILES string of the molecule is COc1ccccc1OCC1CCN(Cc2nccnc2OC)C1. The van der Waals surface area contributed by atoms with Gasteiger partial charge in [-0.05, 0) is 25.1 Å². The molecule has 1 saturated heterocycles. The maximum Gasteiger partial charge on any atom is 0.236 e. The Labute approximate surface area is 142 Å². The molecule has 1 aromatic carbocycles. The second-order valence-electron chi connectivity index (χ2n) is 5.86. The Morgan fingerprint density at radius 3 is 2.67 bits per heavy atom. The van der Waals surface area contributed by atoms with E-state index in [4.69, 9.17) is 14.2 Å². The van der Waals surface area contributed by atoms with Crippen LogP contribution in [-0.4, -0.2) is 48.8 Å². The summed E-state index contributed by atoms with van der Waals surface area (Å²) >= 11 is 0. The molecular weight excluding hydrogens is 306 g/mol. The molecule has 24 heavy (non-hydrogen) atoms. The minimum Gasteiger partial charge on any atom is -0.493 e. The largest absolute Gasteiger partial charge is 0.493 e. The summed E-state index contributed by atoms with van der Waals surface area (Å²) in [7, 11) is 3.29. The minimum atomic E-state index is 0.498. The Hall–Kier alpha value is -2.34. The molecule has 1 aliphatic rings. The van der Waals surface area contributed by atoms with Crippen LogP contribution in [0.1, 0.15) is 12.1 Å². The van der Waals surface area contributed by atoms with Crippen molar-refractivity contribution < 1.29 is 14.2 Å². The van der Waals surface area contributed by atoms with Gasteiger partial charge in [0.25, 0.3) is 0 Å². The van der Waals surface area contributed by atoms with E-state index >= 15 is 0 Å². The fraction of sp³-hybridized carbons (Fsp3) is 0.444. The number of hydrogen-bond acceptors (Lipinski definition) is 6. The van der Waals surface area contributed by atoms with Gasteiger partial charge in [-0.1, -0.05) is 12.1 Å². The fourth-order valence-electron chi connectivity index (χ4n) is 2.98. The van der Waals surface area contributed by atoms with E-state index in [1.807, 2.05) is 24.3 Å². The summed E-state index contributed by atoms with van der Waals surface area (Å²) in [5.74, 6) is 2.68. The van der Waals surface area contributed by atoms with Gasteiger partial charge in [0, 0.05) is 31.4 Å². The van der Waals surface area contributed by atoms with Gasteiger partial charge in [-0.3, -0.25) is 9.88 Å². The topological polar surface area (TPSA) is 56.7 Å². The highest BCUT2D eigenvalue weighted by atomic mass is 16.5. The van der Waals surface area contributed by atoms with Crippen LogP contribution in [0, 0.1) is 5.92 Å². The van der Waals surface area contributed by atoms with E-state index in [0.29, 0.717) is 18.4 Å². The van der Waals surface area contributed by atoms with Crippen LogP contribution < -0.4 is 14.2 Å². The maximum atomic E-state index is 5.95. The van der Waals surface area contributed by atoms with Crippen molar-refractivity contribution in [3.63, 3.8) is 0 Å². The smallest absolute Gasteiger partial charge is 0.236 e. The van der Waals surface area contributed by atoms with Gasteiger partial charge in [-0.25, -0.2) is 4.98 Å². The lowest BCUT2D eigenvalue weighted by Crippen LogP contribution is -2.23. The standard InChI is InChI=1S/C18H23N3O3/c1-22-16-5-3-4-6-17(16)24-13-14-7-10-21(11-14)12-15-18(23-2)20-9-8-19-15/h3-6,8-9,14H,7,10-13H2,1-2H3. The van der Waals surface area contributed by atoms with Gasteiger partial charge in [0.1, 0.15) is 5.69 Å². The molecule has 0 saturated carbocycles. The van der Waals surface area contributed by atoms with E-state index < -0.39 is 0 Å². The summed E-state index contributed by atoms with van der Waals surface area (Å²) < 4.78 is 16.5. The number of hydrogen-bond donors (Lipinski definition) is 0. The summed E-state index contributed by atoms with van der Waals surface area (Å²) in [6.45, 7) is 3.45. The summed E-state index contributed by atoms with van der Waals surface area (Å²) in [5, 5.41) is 0. The van der Waals surface area contributed by atoms with E-state index in [2.05, 4.69) is 14.9 Å². The van der Waals surface area contributed by atoms with Crippen molar-refractivity contribution in [1.82, 2.24) is 14.9 Å². The number of rotatable bonds is 7. The van der Waals surface area contributed by atoms with Crippen molar-refractivity contribution in [2.45, 2.75) is 13.0 Å². The zero-order chi connectivity index (χ0) is 16.8. The number of ether oxygens (including phenoxy) is 3. The number of methoxy groups -OCH3 is 2. The molecule has 2 heterocycles. The molecule has 0 aliphatic carbocycles. The lowest BCUT2D eigenvalue weighted by molar-refractivity contribution is 0.228. The quantitative estimate of drug-likeness (QED) is 0.777. The average molecular weight is 329 g/mol. The van der Waals surface area contributed by atoms with Crippen LogP contribution in [0.2, 0.25) is 0 Å². The highest BCUT2D eigenvalue weighted by molar-refractivity contribution is 5.39. The lowest BCUT2D eigenvalue weighted by atomic mass is 10.1. The second kappa shape index (κ2) is 7.97. The van der Waals surface area contributed by atoms with Crippen LogP contribution >= 0.6 is 0 Å². The first-order valence-corrected chi connectivity index (χ1v) is 8.12. The average Bonchev–Trinajstić information content (AvgIpc) is 3.08. The maximum absolute atomic E-state index is 5.95. The zero-order valence-electron chi connectivity index (χ0n) is 14.1. The molecule has 2 aromatic rings. The molecule has 0 spiro atoms. The van der Waals surface area contributed by atoms with Crippen molar-refractivity contribution >= 4 is 0 Å². The Morgan fingerprint density at radius 2 is 1.88 bits per heavy atom. The van der Waals surface area contributed by atoms with Gasteiger partial charge in [0.15, 0.2) is 11.5 Å². The predicted octanol–water partition coefficient (Wildman–Crippen LogP) is 2.39. The molecule has 0 amide bonds. The van der Waals surface area contributed by atoms with Gasteiger partial charge in [0.05, 0.1) is 20.8 Å². The molecule has 1 aromatic heterocycles. The molecule has 6 nitrogen and oxygen atoms in total. The van der Waals surface area contributed by atoms with Gasteiger partial charge in [0.2, 0.25) is 5.88 Å². The van der Waals surface area contributed by atoms with Gasteiger partial charge >= 0.3 is 0 Å². The third-order valence-electron chi connectivity index (χ3n) is 4.22. The van der Waals surface area contributed by atoms with Crippen LogP contribution in [0.15, 0.2) is 36.7 Å². The Kier molecular flexibility index (Phi) is 5.48. The van der Waals surface area contributed by atoms with Crippen molar-refractivity contribution in [3.8, 4) is 17.4 Å². The molecule has 128 valence electrons. The van der Waals surface area contributed by atoms with E-state index in [1.165, 1.54) is 0 Å². The first kappa shape index (κ1) is 16.5. The van der Waals surface area contributed by atoms with Crippen LogP contribution in [0.4, 0.5) is 0 Å². The van der Waals surface area contributed by atoms with Gasteiger partial charge < -0.3 is 14.2 Å².